The second-order valence-electron chi connectivity index (χ2n) is 3.99. The van der Waals surface area contributed by atoms with Gasteiger partial charge in [0.2, 0.25) is 0 Å². The molecule has 0 saturated carbocycles. The summed E-state index contributed by atoms with van der Waals surface area (Å²) in [6, 6.07) is 3.47. The van der Waals surface area contributed by atoms with E-state index >= 15 is 0 Å². The van der Waals surface area contributed by atoms with Crippen molar-refractivity contribution >= 4 is 17.7 Å². The first-order valence-corrected chi connectivity index (χ1v) is 5.71. The lowest BCUT2D eigenvalue weighted by molar-refractivity contribution is 0.0373. The summed E-state index contributed by atoms with van der Waals surface area (Å²) in [6.45, 7) is 1.06. The highest BCUT2D eigenvalue weighted by molar-refractivity contribution is 6.29. The first-order valence-electron chi connectivity index (χ1n) is 5.33. The molecule has 2 N–H and O–H groups in total. The molecule has 1 saturated heterocycles. The number of aromatic nitrogens is 1. The fourth-order valence-corrected chi connectivity index (χ4v) is 2.18. The Morgan fingerprint density at radius 3 is 2.71 bits per heavy atom. The van der Waals surface area contributed by atoms with Crippen LogP contribution in [0.15, 0.2) is 18.3 Å². The summed E-state index contributed by atoms with van der Waals surface area (Å²) in [7, 11) is 0. The molecule has 17 heavy (non-hydrogen) atoms. The van der Waals surface area contributed by atoms with Gasteiger partial charge in [-0.25, -0.2) is 9.78 Å². The molecule has 2 rings (SSSR count). The fourth-order valence-electron chi connectivity index (χ4n) is 2.07. The number of hydrogen-bond donors (Lipinski definition) is 2. The highest BCUT2D eigenvalue weighted by Crippen LogP contribution is 2.32. The third-order valence-electron chi connectivity index (χ3n) is 2.97. The van der Waals surface area contributed by atoms with Crippen LogP contribution in [0.2, 0.25) is 5.15 Å². The Morgan fingerprint density at radius 1 is 1.47 bits per heavy atom. The van der Waals surface area contributed by atoms with Crippen molar-refractivity contribution in [1.82, 2.24) is 10.3 Å². The number of ether oxygens (including phenoxy) is 1. The van der Waals surface area contributed by atoms with Gasteiger partial charge in [0.25, 0.3) is 0 Å². The third-order valence-corrected chi connectivity index (χ3v) is 3.20. The lowest BCUT2D eigenvalue weighted by Gasteiger charge is -2.37. The van der Waals surface area contributed by atoms with Crippen LogP contribution in [0, 0.1) is 0 Å². The number of nitrogens with one attached hydrogen (secondary N) is 1. The quantitative estimate of drug-likeness (QED) is 0.794. The van der Waals surface area contributed by atoms with E-state index in [0.29, 0.717) is 31.2 Å². The Kier molecular flexibility index (Phi) is 3.49. The van der Waals surface area contributed by atoms with Crippen molar-refractivity contribution in [1.29, 1.82) is 0 Å². The zero-order chi connectivity index (χ0) is 12.3. The van der Waals surface area contributed by atoms with Crippen LogP contribution in [-0.4, -0.2) is 29.4 Å². The van der Waals surface area contributed by atoms with Gasteiger partial charge in [0.15, 0.2) is 0 Å². The summed E-state index contributed by atoms with van der Waals surface area (Å²) in [6.07, 6.45) is 1.77. The molecule has 6 heteroatoms. The SMILES string of the molecule is O=C(O)NC1(c2ccc(Cl)nc2)CCOCC1. The summed E-state index contributed by atoms with van der Waals surface area (Å²) in [5.74, 6) is 0. The second kappa shape index (κ2) is 4.89. The molecule has 0 atom stereocenters. The molecule has 0 spiro atoms. The van der Waals surface area contributed by atoms with Gasteiger partial charge in [-0.2, -0.15) is 0 Å². The first-order chi connectivity index (χ1) is 8.12. The summed E-state index contributed by atoms with van der Waals surface area (Å²) in [5.41, 5.74) is 0.217. The standard InChI is InChI=1S/C11H13ClN2O3/c12-9-2-1-8(7-13-9)11(14-10(15)16)3-5-17-6-4-11/h1-2,7,14H,3-6H2,(H,15,16). The van der Waals surface area contributed by atoms with Crippen LogP contribution in [-0.2, 0) is 10.3 Å². The number of hydrogen-bond acceptors (Lipinski definition) is 3. The second-order valence-corrected chi connectivity index (χ2v) is 4.38. The maximum atomic E-state index is 10.9. The Bertz CT molecular complexity index is 402. The molecule has 1 aromatic rings. The van der Waals surface area contributed by atoms with Gasteiger partial charge in [-0.1, -0.05) is 17.7 Å². The molecule has 92 valence electrons. The van der Waals surface area contributed by atoms with Crippen molar-refractivity contribution < 1.29 is 14.6 Å². The molecule has 1 aliphatic heterocycles. The Morgan fingerprint density at radius 2 is 2.18 bits per heavy atom. The molecule has 2 heterocycles. The molecule has 0 bridgehead atoms. The number of carboxylic acid groups (broad SMARTS) is 1. The number of carbonyl (C=O) groups is 1. The van der Waals surface area contributed by atoms with Gasteiger partial charge in [0, 0.05) is 19.4 Å². The van der Waals surface area contributed by atoms with Crippen LogP contribution in [0.4, 0.5) is 4.79 Å². The van der Waals surface area contributed by atoms with E-state index in [9.17, 15) is 4.79 Å². The molecule has 0 radical (unpaired) electrons. The topological polar surface area (TPSA) is 71.5 Å². The van der Waals surface area contributed by atoms with Crippen LogP contribution >= 0.6 is 11.6 Å². The van der Waals surface area contributed by atoms with E-state index in [4.69, 9.17) is 21.4 Å². The van der Waals surface area contributed by atoms with Crippen molar-refractivity contribution in [2.75, 3.05) is 13.2 Å². The van der Waals surface area contributed by atoms with Gasteiger partial charge in [-0.15, -0.1) is 0 Å². The van der Waals surface area contributed by atoms with Crippen LogP contribution < -0.4 is 5.32 Å². The van der Waals surface area contributed by atoms with E-state index in [1.165, 1.54) is 0 Å². The average molecular weight is 257 g/mol. The van der Waals surface area contributed by atoms with E-state index in [1.54, 1.807) is 18.3 Å². The molecule has 1 fully saturated rings. The number of nitrogens with zero attached hydrogens (tertiary/aromatic N) is 1. The molecular weight excluding hydrogens is 244 g/mol. The highest BCUT2D eigenvalue weighted by Gasteiger charge is 2.36. The Balaban J connectivity index is 2.31. The van der Waals surface area contributed by atoms with E-state index in [2.05, 4.69) is 10.3 Å². The molecule has 1 aromatic heterocycles. The minimum atomic E-state index is -1.04. The molecule has 1 aliphatic rings. The summed E-state index contributed by atoms with van der Waals surface area (Å²) in [5, 5.41) is 11.9. The van der Waals surface area contributed by atoms with Crippen LogP contribution in [0.3, 0.4) is 0 Å². The molecule has 0 unspecified atom stereocenters. The normalized spacial score (nSPS) is 18.6. The molecule has 0 aliphatic carbocycles. The largest absolute Gasteiger partial charge is 0.465 e. The Hall–Kier alpha value is -1.33. The minimum Gasteiger partial charge on any atom is -0.465 e. The van der Waals surface area contributed by atoms with Gasteiger partial charge >= 0.3 is 6.09 Å². The van der Waals surface area contributed by atoms with Crippen molar-refractivity contribution in [2.45, 2.75) is 18.4 Å². The molecular formula is C11H13ClN2O3. The van der Waals surface area contributed by atoms with Gasteiger partial charge < -0.3 is 15.2 Å². The molecule has 1 amide bonds. The minimum absolute atomic E-state index is 0.395. The van der Waals surface area contributed by atoms with E-state index in [-0.39, 0.29) is 0 Å². The number of amides is 1. The maximum Gasteiger partial charge on any atom is 0.405 e. The lowest BCUT2D eigenvalue weighted by atomic mass is 9.84. The summed E-state index contributed by atoms with van der Waals surface area (Å²) < 4.78 is 5.27. The van der Waals surface area contributed by atoms with Crippen molar-refractivity contribution in [3.8, 4) is 0 Å². The number of pyridine rings is 1. The molecule has 0 aromatic carbocycles. The van der Waals surface area contributed by atoms with Crippen LogP contribution in [0.25, 0.3) is 0 Å². The number of rotatable bonds is 2. The highest BCUT2D eigenvalue weighted by atomic mass is 35.5. The van der Waals surface area contributed by atoms with E-state index in [1.807, 2.05) is 0 Å². The summed E-state index contributed by atoms with van der Waals surface area (Å²) >= 11 is 5.73. The zero-order valence-electron chi connectivity index (χ0n) is 9.15. The first kappa shape index (κ1) is 12.1. The van der Waals surface area contributed by atoms with E-state index < -0.39 is 11.6 Å². The van der Waals surface area contributed by atoms with Crippen LogP contribution in [0.1, 0.15) is 18.4 Å². The van der Waals surface area contributed by atoms with Crippen LogP contribution in [0.5, 0.6) is 0 Å². The van der Waals surface area contributed by atoms with Gasteiger partial charge in [-0.05, 0) is 24.5 Å². The predicted molar refractivity (Wildman–Crippen MR) is 62.1 cm³/mol. The van der Waals surface area contributed by atoms with Crippen molar-refractivity contribution in [3.63, 3.8) is 0 Å². The van der Waals surface area contributed by atoms with Gasteiger partial charge in [0.05, 0.1) is 5.54 Å². The zero-order valence-corrected chi connectivity index (χ0v) is 9.91. The summed E-state index contributed by atoms with van der Waals surface area (Å²) in [4.78, 5) is 14.9. The average Bonchev–Trinajstić information content (AvgIpc) is 2.30. The lowest BCUT2D eigenvalue weighted by Crippen LogP contribution is -2.49. The van der Waals surface area contributed by atoms with Gasteiger partial charge in [0.1, 0.15) is 5.15 Å². The monoisotopic (exact) mass is 256 g/mol. The fraction of sp³-hybridized carbons (Fsp3) is 0.455. The molecule has 5 nitrogen and oxygen atoms in total. The van der Waals surface area contributed by atoms with Crippen molar-refractivity contribution in [2.24, 2.45) is 0 Å². The van der Waals surface area contributed by atoms with Gasteiger partial charge in [-0.3, -0.25) is 0 Å². The Labute approximate surface area is 104 Å². The third kappa shape index (κ3) is 2.68. The smallest absolute Gasteiger partial charge is 0.405 e. The van der Waals surface area contributed by atoms with E-state index in [0.717, 1.165) is 5.56 Å². The number of halogens is 1. The van der Waals surface area contributed by atoms with Crippen molar-refractivity contribution in [3.05, 3.63) is 29.0 Å². The predicted octanol–water partition coefficient (Wildman–Crippen LogP) is 2.01. The maximum absolute atomic E-state index is 10.9.